The first-order valence-corrected chi connectivity index (χ1v) is 5.89. The van der Waals surface area contributed by atoms with Crippen molar-refractivity contribution in [1.29, 1.82) is 0 Å². The van der Waals surface area contributed by atoms with Gasteiger partial charge in [-0.15, -0.1) is 0 Å². The summed E-state index contributed by atoms with van der Waals surface area (Å²) in [5.41, 5.74) is 5.37. The minimum absolute atomic E-state index is 0.377. The van der Waals surface area contributed by atoms with E-state index < -0.39 is 12.0 Å². The van der Waals surface area contributed by atoms with Gasteiger partial charge in [-0.2, -0.15) is 0 Å². The molecule has 0 aromatic heterocycles. The van der Waals surface area contributed by atoms with Crippen molar-refractivity contribution < 1.29 is 9.90 Å². The van der Waals surface area contributed by atoms with Crippen LogP contribution < -0.4 is 11.1 Å². The van der Waals surface area contributed by atoms with Crippen molar-refractivity contribution in [2.24, 2.45) is 11.7 Å². The Kier molecular flexibility index (Phi) is 5.65. The maximum Gasteiger partial charge on any atom is 0.321 e. The summed E-state index contributed by atoms with van der Waals surface area (Å²) in [7, 11) is 0. The van der Waals surface area contributed by atoms with Crippen LogP contribution >= 0.6 is 0 Å². The summed E-state index contributed by atoms with van der Waals surface area (Å²) >= 11 is 0. The largest absolute Gasteiger partial charge is 0.480 e. The number of hydrogen-bond donors (Lipinski definition) is 3. The lowest BCUT2D eigenvalue weighted by molar-refractivity contribution is -0.138. The molecule has 4 nitrogen and oxygen atoms in total. The standard InChI is InChI=1S/C11H22N2O2/c12-10(11(14)15)8-13-7-6-9-4-2-1-3-5-9/h9-10,13H,1-8,12H2,(H,14,15). The molecule has 88 valence electrons. The highest BCUT2D eigenvalue weighted by Gasteiger charge is 2.14. The minimum Gasteiger partial charge on any atom is -0.480 e. The van der Waals surface area contributed by atoms with Gasteiger partial charge in [0.2, 0.25) is 0 Å². The molecular formula is C11H22N2O2. The van der Waals surface area contributed by atoms with Gasteiger partial charge in [-0.25, -0.2) is 0 Å². The van der Waals surface area contributed by atoms with Crippen LogP contribution in [0.25, 0.3) is 0 Å². The normalized spacial score (nSPS) is 20.1. The Morgan fingerprint density at radius 1 is 1.40 bits per heavy atom. The van der Waals surface area contributed by atoms with Crippen LogP contribution in [0.5, 0.6) is 0 Å². The fraction of sp³-hybridized carbons (Fsp3) is 0.909. The molecule has 1 rings (SSSR count). The predicted octanol–water partition coefficient (Wildman–Crippen LogP) is 0.958. The molecule has 1 fully saturated rings. The predicted molar refractivity (Wildman–Crippen MR) is 59.7 cm³/mol. The Morgan fingerprint density at radius 2 is 2.07 bits per heavy atom. The Bertz CT molecular complexity index is 191. The third-order valence-corrected chi connectivity index (χ3v) is 3.14. The van der Waals surface area contributed by atoms with Crippen LogP contribution in [0.15, 0.2) is 0 Å². The molecule has 1 unspecified atom stereocenters. The van der Waals surface area contributed by atoms with Crippen LogP contribution in [0.3, 0.4) is 0 Å². The highest BCUT2D eigenvalue weighted by Crippen LogP contribution is 2.25. The molecule has 1 atom stereocenters. The van der Waals surface area contributed by atoms with Crippen molar-refractivity contribution in [3.8, 4) is 0 Å². The second kappa shape index (κ2) is 6.80. The SMILES string of the molecule is NC(CNCCC1CCCCC1)C(=O)O. The van der Waals surface area contributed by atoms with Gasteiger partial charge in [-0.05, 0) is 18.9 Å². The lowest BCUT2D eigenvalue weighted by Crippen LogP contribution is -2.40. The Hall–Kier alpha value is -0.610. The van der Waals surface area contributed by atoms with Gasteiger partial charge in [0, 0.05) is 6.54 Å². The van der Waals surface area contributed by atoms with Gasteiger partial charge < -0.3 is 16.2 Å². The molecule has 0 bridgehead atoms. The summed E-state index contributed by atoms with van der Waals surface area (Å²) in [5, 5.41) is 11.7. The van der Waals surface area contributed by atoms with Crippen LogP contribution in [-0.4, -0.2) is 30.2 Å². The van der Waals surface area contributed by atoms with Gasteiger partial charge in [0.25, 0.3) is 0 Å². The lowest BCUT2D eigenvalue weighted by atomic mass is 9.87. The Morgan fingerprint density at radius 3 is 2.67 bits per heavy atom. The zero-order valence-corrected chi connectivity index (χ0v) is 9.24. The van der Waals surface area contributed by atoms with Gasteiger partial charge in [-0.1, -0.05) is 32.1 Å². The van der Waals surface area contributed by atoms with E-state index in [1.165, 1.54) is 32.1 Å². The van der Waals surface area contributed by atoms with Crippen LogP contribution in [0, 0.1) is 5.92 Å². The topological polar surface area (TPSA) is 75.3 Å². The van der Waals surface area contributed by atoms with Crippen LogP contribution in [0.2, 0.25) is 0 Å². The van der Waals surface area contributed by atoms with Gasteiger partial charge in [0.1, 0.15) is 6.04 Å². The van der Waals surface area contributed by atoms with Crippen molar-refractivity contribution in [3.05, 3.63) is 0 Å². The number of nitrogens with one attached hydrogen (secondary N) is 1. The number of hydrogen-bond acceptors (Lipinski definition) is 3. The van der Waals surface area contributed by atoms with E-state index in [4.69, 9.17) is 10.8 Å². The lowest BCUT2D eigenvalue weighted by Gasteiger charge is -2.21. The summed E-state index contributed by atoms with van der Waals surface area (Å²) in [6, 6.07) is -0.767. The first kappa shape index (κ1) is 12.5. The summed E-state index contributed by atoms with van der Waals surface area (Å²) in [6.07, 6.45) is 7.94. The maximum absolute atomic E-state index is 10.4. The number of carboxylic acids is 1. The second-order valence-corrected chi connectivity index (χ2v) is 4.44. The van der Waals surface area contributed by atoms with Crippen molar-refractivity contribution in [1.82, 2.24) is 5.32 Å². The van der Waals surface area contributed by atoms with Crippen molar-refractivity contribution in [2.45, 2.75) is 44.6 Å². The first-order chi connectivity index (χ1) is 7.20. The van der Waals surface area contributed by atoms with Crippen LogP contribution in [0.4, 0.5) is 0 Å². The van der Waals surface area contributed by atoms with Crippen LogP contribution in [-0.2, 0) is 4.79 Å². The third-order valence-electron chi connectivity index (χ3n) is 3.14. The van der Waals surface area contributed by atoms with Gasteiger partial charge in [-0.3, -0.25) is 4.79 Å². The maximum atomic E-state index is 10.4. The van der Waals surface area contributed by atoms with Crippen LogP contribution in [0.1, 0.15) is 38.5 Å². The molecule has 0 amide bonds. The molecule has 0 saturated heterocycles. The van der Waals surface area contributed by atoms with E-state index in [-0.39, 0.29) is 0 Å². The molecule has 1 aliphatic carbocycles. The third kappa shape index (κ3) is 5.14. The summed E-state index contributed by atoms with van der Waals surface area (Å²) in [5.74, 6) is -0.0903. The van der Waals surface area contributed by atoms with Gasteiger partial charge in [0.15, 0.2) is 0 Å². The molecule has 1 aliphatic rings. The summed E-state index contributed by atoms with van der Waals surface area (Å²) in [4.78, 5) is 10.4. The van der Waals surface area contributed by atoms with E-state index >= 15 is 0 Å². The molecule has 4 N–H and O–H groups in total. The van der Waals surface area contributed by atoms with E-state index in [9.17, 15) is 4.79 Å². The number of carboxylic acid groups (broad SMARTS) is 1. The van der Waals surface area contributed by atoms with E-state index in [2.05, 4.69) is 5.32 Å². The second-order valence-electron chi connectivity index (χ2n) is 4.44. The van der Waals surface area contributed by atoms with Crippen molar-refractivity contribution >= 4 is 5.97 Å². The first-order valence-electron chi connectivity index (χ1n) is 5.89. The molecule has 0 aliphatic heterocycles. The van der Waals surface area contributed by atoms with E-state index in [0.29, 0.717) is 6.54 Å². The van der Waals surface area contributed by atoms with Gasteiger partial charge >= 0.3 is 5.97 Å². The van der Waals surface area contributed by atoms with Gasteiger partial charge in [0.05, 0.1) is 0 Å². The average molecular weight is 214 g/mol. The molecule has 1 saturated carbocycles. The highest BCUT2D eigenvalue weighted by atomic mass is 16.4. The van der Waals surface area contributed by atoms with E-state index in [1.54, 1.807) is 0 Å². The molecular weight excluding hydrogens is 192 g/mol. The molecule has 15 heavy (non-hydrogen) atoms. The zero-order chi connectivity index (χ0) is 11.1. The zero-order valence-electron chi connectivity index (χ0n) is 9.24. The monoisotopic (exact) mass is 214 g/mol. The Balaban J connectivity index is 1.98. The molecule has 0 radical (unpaired) electrons. The number of aliphatic carboxylic acids is 1. The molecule has 0 aromatic carbocycles. The van der Waals surface area contributed by atoms with Crippen molar-refractivity contribution in [3.63, 3.8) is 0 Å². The number of rotatable bonds is 6. The highest BCUT2D eigenvalue weighted by molar-refractivity contribution is 5.73. The molecule has 0 spiro atoms. The number of carbonyl (C=O) groups is 1. The van der Waals surface area contributed by atoms with E-state index in [1.807, 2.05) is 0 Å². The average Bonchev–Trinajstić information content (AvgIpc) is 2.25. The Labute approximate surface area is 91.2 Å². The summed E-state index contributed by atoms with van der Waals surface area (Å²) < 4.78 is 0. The molecule has 0 heterocycles. The number of nitrogens with two attached hydrogens (primary N) is 1. The molecule has 0 aromatic rings. The fourth-order valence-corrected chi connectivity index (χ4v) is 2.13. The van der Waals surface area contributed by atoms with E-state index in [0.717, 1.165) is 18.9 Å². The smallest absolute Gasteiger partial charge is 0.321 e. The van der Waals surface area contributed by atoms with Crippen molar-refractivity contribution in [2.75, 3.05) is 13.1 Å². The minimum atomic E-state index is -0.930. The molecule has 4 heteroatoms. The quantitative estimate of drug-likeness (QED) is 0.576. The summed E-state index contributed by atoms with van der Waals surface area (Å²) in [6.45, 7) is 1.27. The fourth-order valence-electron chi connectivity index (χ4n) is 2.13.